The van der Waals surface area contributed by atoms with E-state index in [-0.39, 0.29) is 0 Å². The molecule has 0 aliphatic carbocycles. The van der Waals surface area contributed by atoms with Gasteiger partial charge in [0.15, 0.2) is 0 Å². The zero-order chi connectivity index (χ0) is 11.5. The number of ether oxygens (including phenoxy) is 1. The van der Waals surface area contributed by atoms with Crippen LogP contribution in [0.2, 0.25) is 10.0 Å². The van der Waals surface area contributed by atoms with Crippen molar-refractivity contribution < 1.29 is 4.74 Å². The van der Waals surface area contributed by atoms with E-state index in [9.17, 15) is 0 Å². The van der Waals surface area contributed by atoms with Gasteiger partial charge in [-0.15, -0.1) is 0 Å². The lowest BCUT2D eigenvalue weighted by Gasteiger charge is -2.09. The minimum atomic E-state index is 0.545. The number of halogens is 3. The van der Waals surface area contributed by atoms with Gasteiger partial charge in [-0.3, -0.25) is 0 Å². The van der Waals surface area contributed by atoms with Crippen LogP contribution in [-0.2, 0) is 0 Å². The third kappa shape index (κ3) is 2.81. The highest BCUT2D eigenvalue weighted by molar-refractivity contribution is 14.1. The van der Waals surface area contributed by atoms with Crippen molar-refractivity contribution in [3.05, 3.63) is 56.1 Å². The first kappa shape index (κ1) is 12.0. The zero-order valence-electron chi connectivity index (χ0n) is 8.08. The Bertz CT molecular complexity index is 514. The molecule has 0 saturated carbocycles. The largest absolute Gasteiger partial charge is 0.455 e. The molecular weight excluding hydrogens is 358 g/mol. The lowest BCUT2D eigenvalue weighted by molar-refractivity contribution is 0.479. The molecule has 0 atom stereocenters. The zero-order valence-corrected chi connectivity index (χ0v) is 11.8. The van der Waals surface area contributed by atoms with Crippen molar-refractivity contribution in [2.45, 2.75) is 0 Å². The molecular formula is C12H7Cl2IO. The fourth-order valence-electron chi connectivity index (χ4n) is 1.20. The van der Waals surface area contributed by atoms with Gasteiger partial charge in [-0.2, -0.15) is 0 Å². The van der Waals surface area contributed by atoms with Gasteiger partial charge in [0, 0.05) is 11.1 Å². The van der Waals surface area contributed by atoms with Crippen molar-refractivity contribution >= 4 is 45.8 Å². The predicted molar refractivity (Wildman–Crippen MR) is 75.7 cm³/mol. The smallest absolute Gasteiger partial charge is 0.147 e. The second-order valence-electron chi connectivity index (χ2n) is 3.11. The molecule has 0 spiro atoms. The molecule has 2 aromatic carbocycles. The number of hydrogen-bond donors (Lipinski definition) is 0. The highest BCUT2D eigenvalue weighted by Crippen LogP contribution is 2.33. The fraction of sp³-hybridized carbons (Fsp3) is 0. The molecule has 0 heterocycles. The second kappa shape index (κ2) is 5.25. The SMILES string of the molecule is Clc1ccc(Cl)c(Oc2ccccc2I)c1. The van der Waals surface area contributed by atoms with Gasteiger partial charge in [0.25, 0.3) is 0 Å². The third-order valence-electron chi connectivity index (χ3n) is 1.95. The van der Waals surface area contributed by atoms with E-state index in [2.05, 4.69) is 22.6 Å². The van der Waals surface area contributed by atoms with E-state index in [1.165, 1.54) is 0 Å². The molecule has 0 fully saturated rings. The van der Waals surface area contributed by atoms with Gasteiger partial charge < -0.3 is 4.74 Å². The monoisotopic (exact) mass is 364 g/mol. The maximum absolute atomic E-state index is 6.01. The first-order valence-electron chi connectivity index (χ1n) is 4.54. The van der Waals surface area contributed by atoms with Gasteiger partial charge in [-0.25, -0.2) is 0 Å². The summed E-state index contributed by atoms with van der Waals surface area (Å²) in [6, 6.07) is 12.9. The van der Waals surface area contributed by atoms with Crippen molar-refractivity contribution in [3.63, 3.8) is 0 Å². The van der Waals surface area contributed by atoms with Crippen LogP contribution >= 0.6 is 45.8 Å². The van der Waals surface area contributed by atoms with Crippen LogP contribution in [0.25, 0.3) is 0 Å². The molecule has 16 heavy (non-hydrogen) atoms. The molecule has 1 nitrogen and oxygen atoms in total. The van der Waals surface area contributed by atoms with Gasteiger partial charge in [-0.1, -0.05) is 35.3 Å². The molecule has 0 aliphatic rings. The number of para-hydroxylation sites is 1. The summed E-state index contributed by atoms with van der Waals surface area (Å²) in [6.07, 6.45) is 0. The van der Waals surface area contributed by atoms with Crippen LogP contribution in [0.15, 0.2) is 42.5 Å². The summed E-state index contributed by atoms with van der Waals surface area (Å²) in [5.74, 6) is 1.34. The van der Waals surface area contributed by atoms with Gasteiger partial charge >= 0.3 is 0 Å². The van der Waals surface area contributed by atoms with E-state index in [4.69, 9.17) is 27.9 Å². The molecule has 0 amide bonds. The first-order valence-corrected chi connectivity index (χ1v) is 6.38. The van der Waals surface area contributed by atoms with Crippen LogP contribution in [-0.4, -0.2) is 0 Å². The Morgan fingerprint density at radius 2 is 1.69 bits per heavy atom. The molecule has 0 aliphatic heterocycles. The summed E-state index contributed by atoms with van der Waals surface area (Å²) in [6.45, 7) is 0. The Morgan fingerprint density at radius 1 is 0.938 bits per heavy atom. The Labute approximate surface area is 117 Å². The van der Waals surface area contributed by atoms with E-state index < -0.39 is 0 Å². The lowest BCUT2D eigenvalue weighted by atomic mass is 10.3. The second-order valence-corrected chi connectivity index (χ2v) is 5.11. The minimum absolute atomic E-state index is 0.545. The number of rotatable bonds is 2. The van der Waals surface area contributed by atoms with Gasteiger partial charge in [0.1, 0.15) is 11.5 Å². The molecule has 0 radical (unpaired) electrons. The predicted octanol–water partition coefficient (Wildman–Crippen LogP) is 5.39. The molecule has 2 rings (SSSR count). The summed E-state index contributed by atoms with van der Waals surface area (Å²) in [7, 11) is 0. The van der Waals surface area contributed by atoms with Gasteiger partial charge in [-0.05, 0) is 46.9 Å². The number of benzene rings is 2. The Morgan fingerprint density at radius 3 is 2.44 bits per heavy atom. The molecule has 2 aromatic rings. The molecule has 82 valence electrons. The maximum atomic E-state index is 6.01. The lowest BCUT2D eigenvalue weighted by Crippen LogP contribution is -1.87. The average Bonchev–Trinajstić information content (AvgIpc) is 2.27. The van der Waals surface area contributed by atoms with Crippen LogP contribution in [0.3, 0.4) is 0 Å². The van der Waals surface area contributed by atoms with Crippen LogP contribution in [0.4, 0.5) is 0 Å². The Balaban J connectivity index is 2.34. The Hall–Kier alpha value is -0.450. The Kier molecular flexibility index (Phi) is 3.95. The summed E-state index contributed by atoms with van der Waals surface area (Å²) in [5, 5.41) is 1.15. The number of hydrogen-bond acceptors (Lipinski definition) is 1. The van der Waals surface area contributed by atoms with Crippen LogP contribution in [0.1, 0.15) is 0 Å². The summed E-state index contributed by atoms with van der Waals surface area (Å²) >= 11 is 14.1. The topological polar surface area (TPSA) is 9.23 Å². The van der Waals surface area contributed by atoms with E-state index in [0.29, 0.717) is 15.8 Å². The van der Waals surface area contributed by atoms with E-state index in [1.54, 1.807) is 18.2 Å². The van der Waals surface area contributed by atoms with Crippen LogP contribution in [0, 0.1) is 3.57 Å². The summed E-state index contributed by atoms with van der Waals surface area (Å²) in [5.41, 5.74) is 0. The first-order chi connectivity index (χ1) is 7.66. The van der Waals surface area contributed by atoms with Gasteiger partial charge in [0.2, 0.25) is 0 Å². The van der Waals surface area contributed by atoms with Crippen molar-refractivity contribution in [1.29, 1.82) is 0 Å². The summed E-state index contributed by atoms with van der Waals surface area (Å²) in [4.78, 5) is 0. The standard InChI is InChI=1S/C12H7Cl2IO/c13-8-5-6-9(14)12(7-8)16-11-4-2-1-3-10(11)15/h1-7H. The molecule has 0 unspecified atom stereocenters. The van der Waals surface area contributed by atoms with Crippen molar-refractivity contribution in [2.75, 3.05) is 0 Å². The average molecular weight is 365 g/mol. The molecule has 0 bridgehead atoms. The third-order valence-corrected chi connectivity index (χ3v) is 3.39. The van der Waals surface area contributed by atoms with E-state index in [1.807, 2.05) is 24.3 Å². The summed E-state index contributed by atoms with van der Waals surface area (Å²) < 4.78 is 6.72. The van der Waals surface area contributed by atoms with E-state index >= 15 is 0 Å². The highest BCUT2D eigenvalue weighted by Gasteiger charge is 2.06. The van der Waals surface area contributed by atoms with E-state index in [0.717, 1.165) is 9.32 Å². The van der Waals surface area contributed by atoms with Crippen molar-refractivity contribution in [1.82, 2.24) is 0 Å². The molecule has 0 N–H and O–H groups in total. The normalized spacial score (nSPS) is 10.2. The highest BCUT2D eigenvalue weighted by atomic mass is 127. The van der Waals surface area contributed by atoms with Crippen LogP contribution < -0.4 is 4.74 Å². The fourth-order valence-corrected chi connectivity index (χ4v) is 2.02. The molecule has 0 aromatic heterocycles. The molecule has 0 saturated heterocycles. The quantitative estimate of drug-likeness (QED) is 0.649. The van der Waals surface area contributed by atoms with Crippen LogP contribution in [0.5, 0.6) is 11.5 Å². The minimum Gasteiger partial charge on any atom is -0.455 e. The molecule has 4 heteroatoms. The van der Waals surface area contributed by atoms with Crippen molar-refractivity contribution in [3.8, 4) is 11.5 Å². The van der Waals surface area contributed by atoms with Gasteiger partial charge in [0.05, 0.1) is 8.59 Å². The maximum Gasteiger partial charge on any atom is 0.147 e. The van der Waals surface area contributed by atoms with Crippen molar-refractivity contribution in [2.24, 2.45) is 0 Å².